The molecule has 2 amide bonds. The second kappa shape index (κ2) is 12.4. The van der Waals surface area contributed by atoms with Gasteiger partial charge in [0.05, 0.1) is 19.0 Å². The van der Waals surface area contributed by atoms with Gasteiger partial charge in [0.1, 0.15) is 29.6 Å². The molecule has 204 valence electrons. The molecule has 4 N–H and O–H groups in total. The van der Waals surface area contributed by atoms with E-state index in [9.17, 15) is 23.6 Å². The van der Waals surface area contributed by atoms with Crippen LogP contribution in [0.5, 0.6) is 5.75 Å². The summed E-state index contributed by atoms with van der Waals surface area (Å²) >= 11 is 5.76. The number of hydrogen-bond donors (Lipinski definition) is 4. The highest BCUT2D eigenvalue weighted by Gasteiger charge is 2.28. The highest BCUT2D eigenvalue weighted by atomic mass is 35.5. The van der Waals surface area contributed by atoms with Crippen LogP contribution in [0.2, 0.25) is 0 Å². The molecule has 2 atom stereocenters. The average molecular weight is 557 g/mol. The summed E-state index contributed by atoms with van der Waals surface area (Å²) in [5.74, 6) is -2.04. The molecule has 0 radical (unpaired) electrons. The van der Waals surface area contributed by atoms with Crippen LogP contribution in [0.25, 0.3) is 10.9 Å². The molecule has 2 heterocycles. The SMILES string of the molecule is COc1cccc2[nH]c(C(=O)N[C@@H](Cc3cccc(F)c3)C(=O)N[C@@H](CCn3cn[nH]c3=O)C(=O)CCl)cc12. The first-order valence-electron chi connectivity index (χ1n) is 12.0. The standard InChI is InChI=1S/C26H26ClFN6O5/c1-39-23-7-3-6-18-17(23)12-21(30-18)25(37)32-20(11-15-4-2-5-16(28)10-15)24(36)31-19(22(35)13-27)8-9-34-14-29-33-26(34)38/h2-7,10,12,14,19-20,30H,8-9,11,13H2,1H3,(H,31,36)(H,32,37)(H,33,38)/t19-,20-/m0/s1. The molecular formula is C26H26ClFN6O5. The van der Waals surface area contributed by atoms with E-state index in [0.29, 0.717) is 22.2 Å². The van der Waals surface area contributed by atoms with Crippen molar-refractivity contribution in [2.45, 2.75) is 31.5 Å². The third-order valence-corrected chi connectivity index (χ3v) is 6.42. The predicted molar refractivity (Wildman–Crippen MR) is 141 cm³/mol. The lowest BCUT2D eigenvalue weighted by Gasteiger charge is -2.22. The minimum atomic E-state index is -1.17. The number of carbonyl (C=O) groups is 3. The Bertz CT molecular complexity index is 1550. The number of nitrogens with zero attached hydrogens (tertiary/aromatic N) is 2. The molecule has 2 aromatic carbocycles. The van der Waals surface area contributed by atoms with Gasteiger partial charge in [-0.1, -0.05) is 18.2 Å². The number of alkyl halides is 1. The van der Waals surface area contributed by atoms with Crippen molar-refractivity contribution < 1.29 is 23.5 Å². The Kier molecular flexibility index (Phi) is 8.77. The normalized spacial score (nSPS) is 12.6. The maximum atomic E-state index is 13.9. The number of nitrogens with one attached hydrogen (secondary N) is 4. The van der Waals surface area contributed by atoms with Crippen LogP contribution in [0.1, 0.15) is 22.5 Å². The highest BCUT2D eigenvalue weighted by Crippen LogP contribution is 2.26. The molecule has 13 heteroatoms. The molecule has 0 spiro atoms. The summed E-state index contributed by atoms with van der Waals surface area (Å²) in [6, 6.07) is 10.3. The second-order valence-electron chi connectivity index (χ2n) is 8.77. The van der Waals surface area contributed by atoms with Gasteiger partial charge in [0.15, 0.2) is 5.78 Å². The minimum Gasteiger partial charge on any atom is -0.496 e. The van der Waals surface area contributed by atoms with Crippen molar-refractivity contribution in [3.8, 4) is 5.75 Å². The van der Waals surface area contributed by atoms with Crippen molar-refractivity contribution >= 4 is 40.1 Å². The van der Waals surface area contributed by atoms with E-state index in [1.807, 2.05) is 0 Å². The van der Waals surface area contributed by atoms with Gasteiger partial charge in [0.2, 0.25) is 5.91 Å². The van der Waals surface area contributed by atoms with Crippen LogP contribution in [0.15, 0.2) is 59.7 Å². The number of rotatable bonds is 12. The third kappa shape index (κ3) is 6.71. The summed E-state index contributed by atoms with van der Waals surface area (Å²) in [7, 11) is 1.52. The van der Waals surface area contributed by atoms with E-state index in [1.165, 1.54) is 36.2 Å². The van der Waals surface area contributed by atoms with Crippen molar-refractivity contribution in [1.29, 1.82) is 0 Å². The number of carbonyl (C=O) groups excluding carboxylic acids is 3. The number of fused-ring (bicyclic) bond motifs is 1. The summed E-state index contributed by atoms with van der Waals surface area (Å²) in [6.07, 6.45) is 1.27. The Morgan fingerprint density at radius 1 is 1.13 bits per heavy atom. The predicted octanol–water partition coefficient (Wildman–Crippen LogP) is 1.92. The third-order valence-electron chi connectivity index (χ3n) is 6.15. The highest BCUT2D eigenvalue weighted by molar-refractivity contribution is 6.28. The molecule has 11 nitrogen and oxygen atoms in total. The fourth-order valence-electron chi connectivity index (χ4n) is 4.15. The molecule has 4 rings (SSSR count). The van der Waals surface area contributed by atoms with Gasteiger partial charge in [-0.2, -0.15) is 5.10 Å². The van der Waals surface area contributed by atoms with Gasteiger partial charge in [-0.15, -0.1) is 11.6 Å². The number of aryl methyl sites for hydroxylation is 1. The largest absolute Gasteiger partial charge is 0.496 e. The number of halogens is 2. The van der Waals surface area contributed by atoms with E-state index in [1.54, 1.807) is 30.3 Å². The van der Waals surface area contributed by atoms with E-state index in [4.69, 9.17) is 16.3 Å². The number of ketones is 1. The molecule has 0 fully saturated rings. The van der Waals surface area contributed by atoms with Crippen LogP contribution in [0, 0.1) is 5.82 Å². The molecule has 0 bridgehead atoms. The van der Waals surface area contributed by atoms with Crippen LogP contribution >= 0.6 is 11.6 Å². The molecule has 2 aromatic heterocycles. The molecular weight excluding hydrogens is 531 g/mol. The van der Waals surface area contributed by atoms with E-state index >= 15 is 0 Å². The Labute approximate surface area is 226 Å². The molecule has 0 aliphatic carbocycles. The Balaban J connectivity index is 1.56. The van der Waals surface area contributed by atoms with Gasteiger partial charge in [-0.3, -0.25) is 19.0 Å². The lowest BCUT2D eigenvalue weighted by molar-refractivity contribution is -0.128. The summed E-state index contributed by atoms with van der Waals surface area (Å²) in [4.78, 5) is 53.9. The summed E-state index contributed by atoms with van der Waals surface area (Å²) in [6.45, 7) is 0.0841. The quantitative estimate of drug-likeness (QED) is 0.196. The number of ether oxygens (including phenoxy) is 1. The van der Waals surface area contributed by atoms with Gasteiger partial charge in [0, 0.05) is 23.9 Å². The van der Waals surface area contributed by atoms with Gasteiger partial charge in [-0.05, 0) is 42.3 Å². The molecule has 39 heavy (non-hydrogen) atoms. The first-order chi connectivity index (χ1) is 18.8. The van der Waals surface area contributed by atoms with Gasteiger partial charge >= 0.3 is 5.69 Å². The van der Waals surface area contributed by atoms with Crippen molar-refractivity contribution in [2.24, 2.45) is 0 Å². The number of benzene rings is 2. The number of amides is 2. The zero-order valence-electron chi connectivity index (χ0n) is 20.9. The molecule has 0 saturated carbocycles. The number of aromatic amines is 2. The molecule has 0 aliphatic rings. The summed E-state index contributed by atoms with van der Waals surface area (Å²) in [5.41, 5.74) is 0.829. The zero-order valence-corrected chi connectivity index (χ0v) is 21.6. The van der Waals surface area contributed by atoms with Crippen LogP contribution in [-0.4, -0.2) is 62.4 Å². The van der Waals surface area contributed by atoms with E-state index in [0.717, 1.165) is 0 Å². The smallest absolute Gasteiger partial charge is 0.343 e. The fourth-order valence-corrected chi connectivity index (χ4v) is 4.34. The minimum absolute atomic E-state index is 0.0537. The van der Waals surface area contributed by atoms with E-state index in [-0.39, 0.29) is 31.0 Å². The van der Waals surface area contributed by atoms with Crippen molar-refractivity contribution in [3.63, 3.8) is 0 Å². The Hall–Kier alpha value is -4.45. The Morgan fingerprint density at radius 2 is 1.92 bits per heavy atom. The van der Waals surface area contributed by atoms with Crippen LogP contribution in [0.3, 0.4) is 0 Å². The number of methoxy groups -OCH3 is 1. The van der Waals surface area contributed by atoms with Gasteiger partial charge < -0.3 is 20.4 Å². The van der Waals surface area contributed by atoms with Crippen molar-refractivity contribution in [1.82, 2.24) is 30.4 Å². The average Bonchev–Trinajstić information content (AvgIpc) is 3.56. The topological polar surface area (TPSA) is 151 Å². The number of aromatic nitrogens is 4. The fraction of sp³-hybridized carbons (Fsp3) is 0.269. The van der Waals surface area contributed by atoms with Crippen LogP contribution in [-0.2, 0) is 22.6 Å². The summed E-state index contributed by atoms with van der Waals surface area (Å²) in [5, 5.41) is 11.9. The molecule has 4 aromatic rings. The first-order valence-corrected chi connectivity index (χ1v) is 12.5. The maximum Gasteiger partial charge on any atom is 0.343 e. The Morgan fingerprint density at radius 3 is 2.62 bits per heavy atom. The molecule has 0 saturated heterocycles. The monoisotopic (exact) mass is 556 g/mol. The van der Waals surface area contributed by atoms with E-state index in [2.05, 4.69) is 25.8 Å². The number of hydrogen-bond acceptors (Lipinski definition) is 6. The lowest BCUT2D eigenvalue weighted by atomic mass is 10.0. The lowest BCUT2D eigenvalue weighted by Crippen LogP contribution is -2.53. The van der Waals surface area contributed by atoms with Crippen LogP contribution < -0.4 is 21.1 Å². The molecule has 0 aliphatic heterocycles. The second-order valence-corrected chi connectivity index (χ2v) is 9.04. The van der Waals surface area contributed by atoms with Gasteiger partial charge in [-0.25, -0.2) is 14.3 Å². The van der Waals surface area contributed by atoms with Gasteiger partial charge in [0.25, 0.3) is 5.91 Å². The van der Waals surface area contributed by atoms with Crippen molar-refractivity contribution in [2.75, 3.05) is 13.0 Å². The first kappa shape index (κ1) is 27.6. The number of H-pyrrole nitrogens is 2. The van der Waals surface area contributed by atoms with E-state index < -0.39 is 41.2 Å². The molecule has 0 unspecified atom stereocenters. The maximum absolute atomic E-state index is 13.9. The zero-order chi connectivity index (χ0) is 27.9. The summed E-state index contributed by atoms with van der Waals surface area (Å²) < 4.78 is 20.5. The van der Waals surface area contributed by atoms with Crippen LogP contribution in [0.4, 0.5) is 4.39 Å². The van der Waals surface area contributed by atoms with Crippen molar-refractivity contribution in [3.05, 3.63) is 82.4 Å². The number of Topliss-reactive ketones (excluding diaryl/α,β-unsaturated/α-hetero) is 1.